The second kappa shape index (κ2) is 6.85. The Morgan fingerprint density at radius 2 is 2.05 bits per heavy atom. The van der Waals surface area contributed by atoms with E-state index >= 15 is 0 Å². The largest absolute Gasteiger partial charge is 0.351 e. The topological polar surface area (TPSA) is 54.9 Å². The summed E-state index contributed by atoms with van der Waals surface area (Å²) in [6, 6.07) is 3.17. The Morgan fingerprint density at radius 1 is 1.32 bits per heavy atom. The molecule has 1 saturated carbocycles. The zero-order valence-electron chi connectivity index (χ0n) is 11.2. The van der Waals surface area contributed by atoms with Crippen molar-refractivity contribution in [3.05, 3.63) is 23.0 Å². The van der Waals surface area contributed by atoms with Gasteiger partial charge in [0.25, 0.3) is 5.91 Å². The zero-order valence-corrected chi connectivity index (χ0v) is 12.0. The van der Waals surface area contributed by atoms with Crippen LogP contribution in [0.2, 0.25) is 5.15 Å². The number of halogens is 1. The highest BCUT2D eigenvalue weighted by Gasteiger charge is 2.18. The lowest BCUT2D eigenvalue weighted by Crippen LogP contribution is -2.27. The minimum absolute atomic E-state index is 0.173. The number of amides is 1. The fourth-order valence-electron chi connectivity index (χ4n) is 2.54. The summed E-state index contributed by atoms with van der Waals surface area (Å²) < 4.78 is 0. The van der Waals surface area contributed by atoms with E-state index in [1.165, 1.54) is 25.7 Å². The van der Waals surface area contributed by atoms with Crippen LogP contribution in [0, 0.1) is 11.8 Å². The van der Waals surface area contributed by atoms with Crippen molar-refractivity contribution in [3.63, 3.8) is 0 Å². The maximum absolute atomic E-state index is 11.8. The van der Waals surface area contributed by atoms with Gasteiger partial charge in [0.15, 0.2) is 10.8 Å². The molecule has 1 aliphatic carbocycles. The van der Waals surface area contributed by atoms with Crippen molar-refractivity contribution in [1.29, 1.82) is 0 Å². The van der Waals surface area contributed by atoms with E-state index in [0.29, 0.717) is 17.4 Å². The summed E-state index contributed by atoms with van der Waals surface area (Å²) in [5, 5.41) is 10.6. The summed E-state index contributed by atoms with van der Waals surface area (Å²) in [5.41, 5.74) is 0.321. The molecule has 2 rings (SSSR count). The van der Waals surface area contributed by atoms with E-state index < -0.39 is 0 Å². The first-order valence-electron chi connectivity index (χ1n) is 6.92. The van der Waals surface area contributed by atoms with Crippen LogP contribution in [-0.4, -0.2) is 22.6 Å². The molecular weight excluding hydrogens is 262 g/mol. The Bertz CT molecular complexity index is 413. The van der Waals surface area contributed by atoms with Crippen molar-refractivity contribution in [2.45, 2.75) is 39.0 Å². The first kappa shape index (κ1) is 14.3. The zero-order chi connectivity index (χ0) is 13.7. The number of rotatable bonds is 4. The number of nitrogens with zero attached hydrogens (tertiary/aromatic N) is 2. The molecule has 0 atom stereocenters. The monoisotopic (exact) mass is 281 g/mol. The Balaban J connectivity index is 1.70. The van der Waals surface area contributed by atoms with Crippen LogP contribution in [0.25, 0.3) is 0 Å². The van der Waals surface area contributed by atoms with Crippen molar-refractivity contribution in [2.24, 2.45) is 11.8 Å². The summed E-state index contributed by atoms with van der Waals surface area (Å²) in [4.78, 5) is 11.8. The van der Waals surface area contributed by atoms with E-state index in [4.69, 9.17) is 11.6 Å². The molecule has 0 spiro atoms. The Morgan fingerprint density at radius 3 is 2.68 bits per heavy atom. The maximum atomic E-state index is 11.8. The van der Waals surface area contributed by atoms with E-state index in [1.807, 2.05) is 0 Å². The minimum atomic E-state index is -0.173. The van der Waals surface area contributed by atoms with Gasteiger partial charge in [0.1, 0.15) is 0 Å². The molecule has 5 heteroatoms. The highest BCUT2D eigenvalue weighted by atomic mass is 35.5. The lowest BCUT2D eigenvalue weighted by molar-refractivity contribution is 0.0943. The number of carbonyl (C=O) groups is 1. The number of nitrogens with one attached hydrogen (secondary N) is 1. The molecule has 1 amide bonds. The van der Waals surface area contributed by atoms with Crippen molar-refractivity contribution in [2.75, 3.05) is 6.54 Å². The Kier molecular flexibility index (Phi) is 5.14. The first-order valence-corrected chi connectivity index (χ1v) is 7.30. The SMILES string of the molecule is CC1CCC(CCNC(=O)c2ccc(Cl)nn2)CC1. The quantitative estimate of drug-likeness (QED) is 0.923. The minimum Gasteiger partial charge on any atom is -0.351 e. The highest BCUT2D eigenvalue weighted by molar-refractivity contribution is 6.29. The van der Waals surface area contributed by atoms with Gasteiger partial charge in [-0.05, 0) is 30.4 Å². The normalized spacial score (nSPS) is 23.1. The summed E-state index contributed by atoms with van der Waals surface area (Å²) in [5.74, 6) is 1.45. The van der Waals surface area contributed by atoms with Crippen molar-refractivity contribution in [3.8, 4) is 0 Å². The molecule has 19 heavy (non-hydrogen) atoms. The molecule has 1 heterocycles. The van der Waals surface area contributed by atoms with E-state index in [0.717, 1.165) is 18.3 Å². The molecule has 0 bridgehead atoms. The van der Waals surface area contributed by atoms with Gasteiger partial charge in [-0.25, -0.2) is 0 Å². The van der Waals surface area contributed by atoms with Gasteiger partial charge in [0, 0.05) is 6.54 Å². The van der Waals surface area contributed by atoms with Crippen LogP contribution < -0.4 is 5.32 Å². The molecule has 0 aromatic carbocycles. The van der Waals surface area contributed by atoms with Gasteiger partial charge in [-0.3, -0.25) is 4.79 Å². The fraction of sp³-hybridized carbons (Fsp3) is 0.643. The molecule has 0 aliphatic heterocycles. The van der Waals surface area contributed by atoms with Gasteiger partial charge in [-0.1, -0.05) is 44.2 Å². The van der Waals surface area contributed by atoms with E-state index in [-0.39, 0.29) is 5.91 Å². The van der Waals surface area contributed by atoms with Gasteiger partial charge in [-0.15, -0.1) is 10.2 Å². The van der Waals surface area contributed by atoms with Crippen molar-refractivity contribution < 1.29 is 4.79 Å². The number of aromatic nitrogens is 2. The molecule has 104 valence electrons. The summed E-state index contributed by atoms with van der Waals surface area (Å²) in [6.45, 7) is 3.03. The predicted molar refractivity (Wildman–Crippen MR) is 75.1 cm³/mol. The smallest absolute Gasteiger partial charge is 0.271 e. The van der Waals surface area contributed by atoms with Gasteiger partial charge < -0.3 is 5.32 Å². The van der Waals surface area contributed by atoms with Gasteiger partial charge in [-0.2, -0.15) is 0 Å². The molecule has 1 aromatic rings. The van der Waals surface area contributed by atoms with Crippen LogP contribution in [0.3, 0.4) is 0 Å². The lowest BCUT2D eigenvalue weighted by atomic mass is 9.81. The van der Waals surface area contributed by atoms with Gasteiger partial charge in [0.2, 0.25) is 0 Å². The van der Waals surface area contributed by atoms with Crippen LogP contribution in [0.15, 0.2) is 12.1 Å². The first-order chi connectivity index (χ1) is 9.15. The van der Waals surface area contributed by atoms with Crippen LogP contribution in [-0.2, 0) is 0 Å². The fourth-order valence-corrected chi connectivity index (χ4v) is 2.64. The molecule has 1 aromatic heterocycles. The lowest BCUT2D eigenvalue weighted by Gasteiger charge is -2.26. The summed E-state index contributed by atoms with van der Waals surface area (Å²) in [7, 11) is 0. The molecule has 0 saturated heterocycles. The van der Waals surface area contributed by atoms with Crippen LogP contribution in [0.1, 0.15) is 49.5 Å². The van der Waals surface area contributed by atoms with Gasteiger partial charge in [0.05, 0.1) is 0 Å². The van der Waals surface area contributed by atoms with Crippen molar-refractivity contribution in [1.82, 2.24) is 15.5 Å². The number of carbonyl (C=O) groups excluding carboxylic acids is 1. The third-order valence-corrected chi connectivity index (χ3v) is 4.04. The molecule has 1 N–H and O–H groups in total. The molecule has 1 aliphatic rings. The van der Waals surface area contributed by atoms with Gasteiger partial charge >= 0.3 is 0 Å². The average Bonchev–Trinajstić information content (AvgIpc) is 2.41. The van der Waals surface area contributed by atoms with Crippen LogP contribution in [0.5, 0.6) is 0 Å². The summed E-state index contributed by atoms with van der Waals surface area (Å²) in [6.07, 6.45) is 6.28. The van der Waals surface area contributed by atoms with Crippen molar-refractivity contribution >= 4 is 17.5 Å². The van der Waals surface area contributed by atoms with E-state index in [1.54, 1.807) is 12.1 Å². The molecular formula is C14H20ClN3O. The number of hydrogen-bond acceptors (Lipinski definition) is 3. The van der Waals surface area contributed by atoms with E-state index in [2.05, 4.69) is 22.4 Å². The third-order valence-electron chi connectivity index (χ3n) is 3.84. The molecule has 1 fully saturated rings. The maximum Gasteiger partial charge on any atom is 0.271 e. The average molecular weight is 282 g/mol. The predicted octanol–water partition coefficient (Wildman–Crippen LogP) is 3.08. The summed E-state index contributed by atoms with van der Waals surface area (Å²) >= 11 is 5.63. The standard InChI is InChI=1S/C14H20ClN3O/c1-10-2-4-11(5-3-10)8-9-16-14(19)12-6-7-13(15)18-17-12/h6-7,10-11H,2-5,8-9H2,1H3,(H,16,19). The molecule has 4 nitrogen and oxygen atoms in total. The Labute approximate surface area is 118 Å². The van der Waals surface area contributed by atoms with Crippen LogP contribution in [0.4, 0.5) is 0 Å². The molecule has 0 radical (unpaired) electrons. The highest BCUT2D eigenvalue weighted by Crippen LogP contribution is 2.29. The van der Waals surface area contributed by atoms with E-state index in [9.17, 15) is 4.79 Å². The second-order valence-electron chi connectivity index (χ2n) is 5.41. The third kappa shape index (κ3) is 4.46. The van der Waals surface area contributed by atoms with Crippen LogP contribution >= 0.6 is 11.6 Å². The second-order valence-corrected chi connectivity index (χ2v) is 5.80. The molecule has 0 unspecified atom stereocenters. The Hall–Kier alpha value is -1.16. The number of hydrogen-bond donors (Lipinski definition) is 1.